The van der Waals surface area contributed by atoms with Crippen LogP contribution in [0.25, 0.3) is 11.5 Å². The van der Waals surface area contributed by atoms with E-state index in [1.54, 1.807) is 6.20 Å². The Labute approximate surface area is 74.6 Å². The van der Waals surface area contributed by atoms with E-state index in [0.717, 1.165) is 0 Å². The van der Waals surface area contributed by atoms with E-state index >= 15 is 0 Å². The van der Waals surface area contributed by atoms with Gasteiger partial charge < -0.3 is 10.3 Å². The topological polar surface area (TPSA) is 77.8 Å². The van der Waals surface area contributed by atoms with Gasteiger partial charge in [-0.25, -0.2) is 0 Å². The number of aromatic nitrogens is 3. The summed E-state index contributed by atoms with van der Waals surface area (Å²) in [6, 6.07) is 5.50. The van der Waals surface area contributed by atoms with Crippen molar-refractivity contribution in [3.05, 3.63) is 30.3 Å². The van der Waals surface area contributed by atoms with Gasteiger partial charge in [-0.3, -0.25) is 4.98 Å². The van der Waals surface area contributed by atoms with Gasteiger partial charge in [-0.1, -0.05) is 11.2 Å². The Balaban J connectivity index is 2.36. The van der Waals surface area contributed by atoms with E-state index in [9.17, 15) is 0 Å². The van der Waals surface area contributed by atoms with Crippen molar-refractivity contribution in [3.63, 3.8) is 0 Å². The Morgan fingerprint density at radius 3 is 2.92 bits per heavy atom. The third-order valence-corrected chi connectivity index (χ3v) is 1.54. The van der Waals surface area contributed by atoms with E-state index in [2.05, 4.69) is 15.1 Å². The largest absolute Gasteiger partial charge is 0.338 e. The minimum atomic E-state index is 0.250. The lowest BCUT2D eigenvalue weighted by atomic mass is 10.3. The number of hydrogen-bond donors (Lipinski definition) is 1. The van der Waals surface area contributed by atoms with Crippen LogP contribution in [0, 0.1) is 0 Å². The molecule has 0 spiro atoms. The maximum Gasteiger partial charge on any atom is 0.240 e. The van der Waals surface area contributed by atoms with E-state index < -0.39 is 0 Å². The predicted octanol–water partition coefficient (Wildman–Crippen LogP) is 0.590. The Hall–Kier alpha value is -1.75. The molecule has 0 unspecified atom stereocenters. The fourth-order valence-corrected chi connectivity index (χ4v) is 0.937. The van der Waals surface area contributed by atoms with Gasteiger partial charge in [0.2, 0.25) is 11.7 Å². The standard InChI is InChI=1S/C8H8N4O/c9-5-7-11-8(12-13-7)6-3-1-2-4-10-6/h1-4H,5,9H2. The Kier molecular flexibility index (Phi) is 2.01. The third-order valence-electron chi connectivity index (χ3n) is 1.54. The highest BCUT2D eigenvalue weighted by atomic mass is 16.5. The third kappa shape index (κ3) is 1.54. The molecule has 0 saturated heterocycles. The molecule has 2 N–H and O–H groups in total. The lowest BCUT2D eigenvalue weighted by Gasteiger charge is -1.88. The highest BCUT2D eigenvalue weighted by molar-refractivity contribution is 5.46. The normalized spacial score (nSPS) is 10.2. The molecule has 2 heterocycles. The summed E-state index contributed by atoms with van der Waals surface area (Å²) in [7, 11) is 0. The van der Waals surface area contributed by atoms with Crippen molar-refractivity contribution in [1.29, 1.82) is 0 Å². The summed E-state index contributed by atoms with van der Waals surface area (Å²) in [6.07, 6.45) is 1.67. The minimum Gasteiger partial charge on any atom is -0.338 e. The van der Waals surface area contributed by atoms with Gasteiger partial charge in [0.15, 0.2) is 0 Å². The van der Waals surface area contributed by atoms with Crippen LogP contribution in [0.15, 0.2) is 28.9 Å². The zero-order valence-electron chi connectivity index (χ0n) is 6.84. The minimum absolute atomic E-state index is 0.250. The Bertz CT molecular complexity index is 384. The summed E-state index contributed by atoms with van der Waals surface area (Å²) in [5.41, 5.74) is 6.01. The molecule has 0 amide bonds. The maximum absolute atomic E-state index is 5.32. The van der Waals surface area contributed by atoms with Gasteiger partial charge in [-0.05, 0) is 12.1 Å². The van der Waals surface area contributed by atoms with Gasteiger partial charge in [0.05, 0.1) is 6.54 Å². The molecular formula is C8H8N4O. The van der Waals surface area contributed by atoms with Crippen molar-refractivity contribution in [1.82, 2.24) is 15.1 Å². The molecule has 2 aromatic rings. The van der Waals surface area contributed by atoms with Crippen LogP contribution in [0.4, 0.5) is 0 Å². The molecule has 5 heteroatoms. The lowest BCUT2D eigenvalue weighted by molar-refractivity contribution is 0.380. The summed E-state index contributed by atoms with van der Waals surface area (Å²) in [6.45, 7) is 0.250. The van der Waals surface area contributed by atoms with Gasteiger partial charge in [-0.2, -0.15) is 4.98 Å². The first-order valence-corrected chi connectivity index (χ1v) is 3.84. The van der Waals surface area contributed by atoms with Crippen molar-refractivity contribution < 1.29 is 4.52 Å². The molecule has 0 bridgehead atoms. The number of hydrogen-bond acceptors (Lipinski definition) is 5. The van der Waals surface area contributed by atoms with Gasteiger partial charge in [0.1, 0.15) is 5.69 Å². The first kappa shape index (κ1) is 7.88. The second-order valence-electron chi connectivity index (χ2n) is 2.43. The van der Waals surface area contributed by atoms with Crippen molar-refractivity contribution in [2.75, 3.05) is 0 Å². The summed E-state index contributed by atoms with van der Waals surface area (Å²) in [5, 5.41) is 3.73. The summed E-state index contributed by atoms with van der Waals surface area (Å²) in [5.74, 6) is 0.890. The molecule has 0 atom stereocenters. The van der Waals surface area contributed by atoms with Crippen LogP contribution in [0.1, 0.15) is 5.89 Å². The van der Waals surface area contributed by atoms with Gasteiger partial charge in [0.25, 0.3) is 0 Å². The number of rotatable bonds is 2. The SMILES string of the molecule is NCc1nc(-c2ccccn2)no1. The number of nitrogens with zero attached hydrogens (tertiary/aromatic N) is 3. The second-order valence-corrected chi connectivity index (χ2v) is 2.43. The van der Waals surface area contributed by atoms with Crippen LogP contribution in [0.5, 0.6) is 0 Å². The first-order chi connectivity index (χ1) is 6.40. The smallest absolute Gasteiger partial charge is 0.240 e. The van der Waals surface area contributed by atoms with Crippen LogP contribution < -0.4 is 5.73 Å². The molecule has 0 aromatic carbocycles. The monoisotopic (exact) mass is 176 g/mol. The highest BCUT2D eigenvalue weighted by Crippen LogP contribution is 2.10. The average molecular weight is 176 g/mol. The molecule has 0 radical (unpaired) electrons. The zero-order chi connectivity index (χ0) is 9.10. The molecule has 0 fully saturated rings. The molecule has 0 saturated carbocycles. The zero-order valence-corrected chi connectivity index (χ0v) is 6.84. The van der Waals surface area contributed by atoms with Crippen molar-refractivity contribution >= 4 is 0 Å². The summed E-state index contributed by atoms with van der Waals surface area (Å²) < 4.78 is 4.84. The van der Waals surface area contributed by atoms with Crippen LogP contribution in [-0.4, -0.2) is 15.1 Å². The van der Waals surface area contributed by atoms with E-state index in [0.29, 0.717) is 17.4 Å². The molecule has 13 heavy (non-hydrogen) atoms. The fourth-order valence-electron chi connectivity index (χ4n) is 0.937. The Morgan fingerprint density at radius 1 is 1.38 bits per heavy atom. The number of pyridine rings is 1. The quantitative estimate of drug-likeness (QED) is 0.724. The first-order valence-electron chi connectivity index (χ1n) is 3.84. The molecule has 0 aliphatic carbocycles. The van der Waals surface area contributed by atoms with E-state index in [1.807, 2.05) is 18.2 Å². The highest BCUT2D eigenvalue weighted by Gasteiger charge is 2.06. The second kappa shape index (κ2) is 3.32. The van der Waals surface area contributed by atoms with Crippen LogP contribution in [0.3, 0.4) is 0 Å². The van der Waals surface area contributed by atoms with Gasteiger partial charge in [0, 0.05) is 6.20 Å². The summed E-state index contributed by atoms with van der Waals surface area (Å²) in [4.78, 5) is 8.10. The van der Waals surface area contributed by atoms with Crippen LogP contribution >= 0.6 is 0 Å². The molecular weight excluding hydrogens is 168 g/mol. The summed E-state index contributed by atoms with van der Waals surface area (Å²) >= 11 is 0. The van der Waals surface area contributed by atoms with E-state index in [-0.39, 0.29) is 6.54 Å². The molecule has 0 aliphatic heterocycles. The molecule has 2 aromatic heterocycles. The lowest BCUT2D eigenvalue weighted by Crippen LogP contribution is -1.95. The molecule has 5 nitrogen and oxygen atoms in total. The van der Waals surface area contributed by atoms with E-state index in [4.69, 9.17) is 10.3 Å². The van der Waals surface area contributed by atoms with Crippen LogP contribution in [0.2, 0.25) is 0 Å². The Morgan fingerprint density at radius 2 is 2.31 bits per heavy atom. The van der Waals surface area contributed by atoms with Crippen molar-refractivity contribution in [2.45, 2.75) is 6.54 Å². The molecule has 66 valence electrons. The van der Waals surface area contributed by atoms with Gasteiger partial charge >= 0.3 is 0 Å². The molecule has 0 aliphatic rings. The van der Waals surface area contributed by atoms with Crippen molar-refractivity contribution in [2.24, 2.45) is 5.73 Å². The molecule has 2 rings (SSSR count). The average Bonchev–Trinajstić information content (AvgIpc) is 2.67. The maximum atomic E-state index is 5.32. The fraction of sp³-hybridized carbons (Fsp3) is 0.125. The van der Waals surface area contributed by atoms with E-state index in [1.165, 1.54) is 0 Å². The van der Waals surface area contributed by atoms with Crippen LogP contribution in [-0.2, 0) is 6.54 Å². The van der Waals surface area contributed by atoms with Crippen molar-refractivity contribution in [3.8, 4) is 11.5 Å². The number of nitrogens with two attached hydrogens (primary N) is 1. The van der Waals surface area contributed by atoms with Gasteiger partial charge in [-0.15, -0.1) is 0 Å². The predicted molar refractivity (Wildman–Crippen MR) is 45.4 cm³/mol.